The molecule has 0 atom stereocenters. The lowest BCUT2D eigenvalue weighted by Crippen LogP contribution is -2.38. The van der Waals surface area contributed by atoms with Crippen LogP contribution in [0.2, 0.25) is 0 Å². The molecule has 0 radical (unpaired) electrons. The second kappa shape index (κ2) is 5.31. The predicted octanol–water partition coefficient (Wildman–Crippen LogP) is 2.40. The van der Waals surface area contributed by atoms with E-state index in [4.69, 9.17) is 5.73 Å². The second-order valence-electron chi connectivity index (χ2n) is 3.52. The van der Waals surface area contributed by atoms with Crippen molar-refractivity contribution in [2.24, 2.45) is 0 Å². The van der Waals surface area contributed by atoms with E-state index in [2.05, 4.69) is 5.32 Å². The van der Waals surface area contributed by atoms with E-state index in [1.165, 1.54) is 12.1 Å². The van der Waals surface area contributed by atoms with Gasteiger partial charge in [-0.25, -0.2) is 13.2 Å². The smallest absolute Gasteiger partial charge is 0.319 e. The number of benzene rings is 1. The van der Waals surface area contributed by atoms with Gasteiger partial charge in [0.25, 0.3) is 0 Å². The van der Waals surface area contributed by atoms with E-state index in [1.54, 1.807) is 0 Å². The van der Waals surface area contributed by atoms with Crippen LogP contribution in [-0.4, -0.2) is 18.9 Å². The standard InChI is InChI=1S/C10H11F5N2/c11-8-3-7(16)2-1-6(8)4-17-5-10(14,15)9(12)13/h1-3,9,17H,4-5,16H2. The van der Waals surface area contributed by atoms with Crippen LogP contribution < -0.4 is 11.1 Å². The minimum Gasteiger partial charge on any atom is -0.399 e. The van der Waals surface area contributed by atoms with Gasteiger partial charge in [0.15, 0.2) is 0 Å². The summed E-state index contributed by atoms with van der Waals surface area (Å²) in [7, 11) is 0. The molecule has 0 heterocycles. The molecule has 0 aliphatic heterocycles. The van der Waals surface area contributed by atoms with Gasteiger partial charge in [-0.3, -0.25) is 0 Å². The third kappa shape index (κ3) is 3.85. The summed E-state index contributed by atoms with van der Waals surface area (Å²) < 4.78 is 61.7. The maximum atomic E-state index is 13.2. The highest BCUT2D eigenvalue weighted by Gasteiger charge is 2.39. The Kier molecular flexibility index (Phi) is 4.28. The molecule has 0 bridgehead atoms. The van der Waals surface area contributed by atoms with Crippen molar-refractivity contribution in [2.75, 3.05) is 12.3 Å². The molecule has 0 amide bonds. The Morgan fingerprint density at radius 3 is 2.47 bits per heavy atom. The molecule has 2 nitrogen and oxygen atoms in total. The molecule has 1 aromatic carbocycles. The fourth-order valence-corrected chi connectivity index (χ4v) is 1.15. The van der Waals surface area contributed by atoms with Crippen LogP contribution in [0.4, 0.5) is 27.6 Å². The van der Waals surface area contributed by atoms with Crippen molar-refractivity contribution in [1.82, 2.24) is 5.32 Å². The zero-order chi connectivity index (χ0) is 13.1. The molecule has 0 saturated carbocycles. The highest BCUT2D eigenvalue weighted by atomic mass is 19.3. The Hall–Kier alpha value is -1.37. The summed E-state index contributed by atoms with van der Waals surface area (Å²) in [5.74, 6) is -4.79. The summed E-state index contributed by atoms with van der Waals surface area (Å²) >= 11 is 0. The van der Waals surface area contributed by atoms with E-state index in [1.807, 2.05) is 0 Å². The van der Waals surface area contributed by atoms with Gasteiger partial charge >= 0.3 is 12.3 Å². The molecule has 0 fully saturated rings. The molecule has 1 aromatic rings. The van der Waals surface area contributed by atoms with Gasteiger partial charge in [0, 0.05) is 17.8 Å². The SMILES string of the molecule is Nc1ccc(CNCC(F)(F)C(F)F)c(F)c1. The highest BCUT2D eigenvalue weighted by molar-refractivity contribution is 5.40. The van der Waals surface area contributed by atoms with Gasteiger partial charge in [-0.15, -0.1) is 0 Å². The van der Waals surface area contributed by atoms with Gasteiger partial charge in [-0.05, 0) is 12.1 Å². The summed E-state index contributed by atoms with van der Waals surface area (Å²) in [6.45, 7) is -1.48. The lowest BCUT2D eigenvalue weighted by molar-refractivity contribution is -0.125. The first-order valence-corrected chi connectivity index (χ1v) is 4.73. The van der Waals surface area contributed by atoms with Crippen molar-refractivity contribution in [3.8, 4) is 0 Å². The number of nitrogens with two attached hydrogens (primary N) is 1. The Balaban J connectivity index is 2.51. The third-order valence-electron chi connectivity index (χ3n) is 2.07. The number of anilines is 1. The third-order valence-corrected chi connectivity index (χ3v) is 2.07. The molecule has 0 saturated heterocycles. The van der Waals surface area contributed by atoms with E-state index in [0.717, 1.165) is 6.07 Å². The molecule has 0 aliphatic rings. The van der Waals surface area contributed by atoms with Crippen molar-refractivity contribution < 1.29 is 22.0 Å². The van der Waals surface area contributed by atoms with Crippen molar-refractivity contribution in [3.05, 3.63) is 29.6 Å². The van der Waals surface area contributed by atoms with Gasteiger partial charge < -0.3 is 11.1 Å². The van der Waals surface area contributed by atoms with E-state index >= 15 is 0 Å². The van der Waals surface area contributed by atoms with E-state index in [-0.39, 0.29) is 17.8 Å². The van der Waals surface area contributed by atoms with Crippen molar-refractivity contribution >= 4 is 5.69 Å². The Morgan fingerprint density at radius 2 is 1.94 bits per heavy atom. The average Bonchev–Trinajstić information content (AvgIpc) is 2.21. The van der Waals surface area contributed by atoms with E-state index in [9.17, 15) is 22.0 Å². The largest absolute Gasteiger partial charge is 0.399 e. The van der Waals surface area contributed by atoms with Crippen LogP contribution in [0, 0.1) is 5.82 Å². The molecule has 0 unspecified atom stereocenters. The molecule has 96 valence electrons. The number of hydrogen-bond donors (Lipinski definition) is 2. The fraction of sp³-hybridized carbons (Fsp3) is 0.400. The topological polar surface area (TPSA) is 38.0 Å². The normalized spacial score (nSPS) is 12.1. The van der Waals surface area contributed by atoms with Gasteiger partial charge in [0.2, 0.25) is 0 Å². The molecule has 1 rings (SSSR count). The molecule has 3 N–H and O–H groups in total. The molecule has 7 heteroatoms. The van der Waals surface area contributed by atoms with Crippen molar-refractivity contribution in [1.29, 1.82) is 0 Å². The molecule has 0 aliphatic carbocycles. The molecule has 0 spiro atoms. The Morgan fingerprint density at radius 1 is 1.29 bits per heavy atom. The second-order valence-corrected chi connectivity index (χ2v) is 3.52. The lowest BCUT2D eigenvalue weighted by Gasteiger charge is -2.15. The first-order valence-electron chi connectivity index (χ1n) is 4.73. The fourth-order valence-electron chi connectivity index (χ4n) is 1.15. The van der Waals surface area contributed by atoms with Crippen LogP contribution in [0.25, 0.3) is 0 Å². The highest BCUT2D eigenvalue weighted by Crippen LogP contribution is 2.21. The van der Waals surface area contributed by atoms with Crippen LogP contribution in [-0.2, 0) is 6.54 Å². The summed E-state index contributed by atoms with van der Waals surface area (Å²) in [4.78, 5) is 0. The maximum absolute atomic E-state index is 13.2. The van der Waals surface area contributed by atoms with Crippen LogP contribution in [0.3, 0.4) is 0 Å². The summed E-state index contributed by atoms with van der Waals surface area (Å²) in [5, 5.41) is 2.07. The van der Waals surface area contributed by atoms with Gasteiger partial charge in [0.05, 0.1) is 6.54 Å². The first-order chi connectivity index (χ1) is 7.83. The predicted molar refractivity (Wildman–Crippen MR) is 53.5 cm³/mol. The average molecular weight is 254 g/mol. The molecular weight excluding hydrogens is 243 g/mol. The van der Waals surface area contributed by atoms with Crippen LogP contribution in [0.1, 0.15) is 5.56 Å². The van der Waals surface area contributed by atoms with Gasteiger partial charge in [-0.1, -0.05) is 6.07 Å². The number of rotatable bonds is 5. The van der Waals surface area contributed by atoms with Crippen molar-refractivity contribution in [2.45, 2.75) is 18.9 Å². The summed E-state index contributed by atoms with van der Waals surface area (Å²) in [6, 6.07) is 3.73. The zero-order valence-electron chi connectivity index (χ0n) is 8.69. The number of nitrogens with one attached hydrogen (secondary N) is 1. The number of hydrogen-bond acceptors (Lipinski definition) is 2. The number of nitrogen functional groups attached to an aromatic ring is 1. The summed E-state index contributed by atoms with van der Waals surface area (Å²) in [6.07, 6.45) is -3.74. The van der Waals surface area contributed by atoms with Crippen LogP contribution in [0.15, 0.2) is 18.2 Å². The minimum absolute atomic E-state index is 0.0873. The number of alkyl halides is 4. The van der Waals surface area contributed by atoms with Gasteiger partial charge in [-0.2, -0.15) is 8.78 Å². The monoisotopic (exact) mass is 254 g/mol. The summed E-state index contributed by atoms with van der Waals surface area (Å²) in [5.41, 5.74) is 5.57. The first kappa shape index (κ1) is 13.7. The van der Waals surface area contributed by atoms with Gasteiger partial charge in [0.1, 0.15) is 5.82 Å². The molecular formula is C10H11F5N2. The zero-order valence-corrected chi connectivity index (χ0v) is 8.69. The maximum Gasteiger partial charge on any atom is 0.319 e. The quantitative estimate of drug-likeness (QED) is 0.625. The Bertz CT molecular complexity index is 381. The van der Waals surface area contributed by atoms with Crippen LogP contribution in [0.5, 0.6) is 0 Å². The van der Waals surface area contributed by atoms with Crippen LogP contribution >= 0.6 is 0 Å². The lowest BCUT2D eigenvalue weighted by atomic mass is 10.2. The van der Waals surface area contributed by atoms with E-state index < -0.39 is 24.7 Å². The molecule has 17 heavy (non-hydrogen) atoms. The molecule has 0 aromatic heterocycles. The minimum atomic E-state index is -4.12. The van der Waals surface area contributed by atoms with E-state index in [0.29, 0.717) is 0 Å². The number of halogens is 5. The Labute approximate surface area is 94.6 Å². The van der Waals surface area contributed by atoms with Crippen molar-refractivity contribution in [3.63, 3.8) is 0 Å².